The van der Waals surface area contributed by atoms with E-state index in [1.807, 2.05) is 0 Å². The highest BCUT2D eigenvalue weighted by Gasteiger charge is 1.88. The summed E-state index contributed by atoms with van der Waals surface area (Å²) >= 11 is 0. The number of methoxy groups -OCH3 is 2. The number of hydrogen-bond acceptors (Lipinski definition) is 5. The molecular formula is C5H13NO5. The quantitative estimate of drug-likeness (QED) is 0.513. The van der Waals surface area contributed by atoms with E-state index >= 15 is 0 Å². The third-order valence-electron chi connectivity index (χ3n) is 0.333. The Hall–Kier alpha value is -1.30. The molecule has 0 bridgehead atoms. The second-order valence-corrected chi connectivity index (χ2v) is 1.18. The van der Waals surface area contributed by atoms with Crippen molar-refractivity contribution in [2.45, 2.75) is 6.92 Å². The molecule has 0 spiro atoms. The highest BCUT2D eigenvalue weighted by atomic mass is 16.7. The zero-order valence-corrected chi connectivity index (χ0v) is 6.79. The van der Waals surface area contributed by atoms with Crippen molar-refractivity contribution in [1.82, 2.24) is 6.15 Å². The molecule has 0 unspecified atom stereocenters. The maximum atomic E-state index is 9.74. The van der Waals surface area contributed by atoms with E-state index in [1.54, 1.807) is 0 Å². The Kier molecular flexibility index (Phi) is 17.1. The van der Waals surface area contributed by atoms with E-state index in [1.165, 1.54) is 14.2 Å². The van der Waals surface area contributed by atoms with Crippen molar-refractivity contribution in [1.29, 1.82) is 0 Å². The maximum Gasteiger partial charge on any atom is 0.507 e. The van der Waals surface area contributed by atoms with Crippen LogP contribution in [0.25, 0.3) is 0 Å². The van der Waals surface area contributed by atoms with E-state index in [-0.39, 0.29) is 6.15 Å². The molecule has 0 amide bonds. The number of carboxylic acids is 1. The third kappa shape index (κ3) is 53.6. The minimum absolute atomic E-state index is 0. The van der Waals surface area contributed by atoms with Crippen LogP contribution >= 0.6 is 0 Å². The maximum absolute atomic E-state index is 9.74. The zero-order valence-electron chi connectivity index (χ0n) is 6.79. The van der Waals surface area contributed by atoms with Gasteiger partial charge < -0.3 is 20.7 Å². The molecule has 0 aliphatic heterocycles. The Morgan fingerprint density at radius 3 is 1.36 bits per heavy atom. The number of ether oxygens (including phenoxy) is 2. The topological polar surface area (TPSA) is 108 Å². The second-order valence-electron chi connectivity index (χ2n) is 1.18. The Morgan fingerprint density at radius 2 is 1.36 bits per heavy atom. The monoisotopic (exact) mass is 167 g/mol. The number of carboxylic acid groups (broad SMARTS) is 1. The van der Waals surface area contributed by atoms with Crippen molar-refractivity contribution in [3.63, 3.8) is 0 Å². The Labute approximate surface area is 64.7 Å². The summed E-state index contributed by atoms with van der Waals surface area (Å²) in [6.45, 7) is 1.08. The summed E-state index contributed by atoms with van der Waals surface area (Å²) in [6, 6.07) is 0. The number of carbonyl (C=O) groups is 2. The van der Waals surface area contributed by atoms with Crippen LogP contribution in [0.3, 0.4) is 0 Å². The number of aliphatic carboxylic acids is 1. The summed E-state index contributed by atoms with van der Waals surface area (Å²) in [4.78, 5) is 18.7. The van der Waals surface area contributed by atoms with Gasteiger partial charge in [0.05, 0.1) is 14.2 Å². The number of hydrogen-bond donors (Lipinski definition) is 2. The van der Waals surface area contributed by atoms with Crippen LogP contribution in [0.15, 0.2) is 0 Å². The van der Waals surface area contributed by atoms with Gasteiger partial charge in [-0.05, 0) is 0 Å². The lowest BCUT2D eigenvalue weighted by Crippen LogP contribution is -1.97. The first-order valence-corrected chi connectivity index (χ1v) is 2.36. The summed E-state index contributed by atoms with van der Waals surface area (Å²) in [6.07, 6.45) is -0.657. The first kappa shape index (κ1) is 16.4. The van der Waals surface area contributed by atoms with E-state index < -0.39 is 12.1 Å². The fourth-order valence-electron chi connectivity index (χ4n) is 0.0833. The van der Waals surface area contributed by atoms with Crippen LogP contribution in [0, 0.1) is 0 Å². The molecule has 0 aromatic carbocycles. The van der Waals surface area contributed by atoms with Crippen molar-refractivity contribution in [3.8, 4) is 0 Å². The van der Waals surface area contributed by atoms with Crippen molar-refractivity contribution in [3.05, 3.63) is 0 Å². The van der Waals surface area contributed by atoms with Gasteiger partial charge in [0, 0.05) is 6.92 Å². The van der Waals surface area contributed by atoms with Crippen LogP contribution in [-0.4, -0.2) is 31.5 Å². The predicted molar refractivity (Wildman–Crippen MR) is 37.7 cm³/mol. The van der Waals surface area contributed by atoms with Gasteiger partial charge in [0.25, 0.3) is 5.97 Å². The highest BCUT2D eigenvalue weighted by Crippen LogP contribution is 1.72. The van der Waals surface area contributed by atoms with E-state index in [0.29, 0.717) is 0 Å². The van der Waals surface area contributed by atoms with E-state index in [9.17, 15) is 4.79 Å². The average Bonchev–Trinajstić information content (AvgIpc) is 1.85. The van der Waals surface area contributed by atoms with E-state index in [0.717, 1.165) is 6.92 Å². The molecule has 4 N–H and O–H groups in total. The van der Waals surface area contributed by atoms with Gasteiger partial charge in [-0.1, -0.05) is 0 Å². The largest absolute Gasteiger partial charge is 0.507 e. The van der Waals surface area contributed by atoms with Crippen molar-refractivity contribution >= 4 is 12.1 Å². The first-order chi connectivity index (χ1) is 4.54. The minimum Gasteiger partial charge on any atom is -0.481 e. The van der Waals surface area contributed by atoms with Crippen LogP contribution in [-0.2, 0) is 14.3 Å². The molecular weight excluding hydrogens is 154 g/mol. The van der Waals surface area contributed by atoms with Crippen molar-refractivity contribution in [2.75, 3.05) is 14.2 Å². The minimum atomic E-state index is -0.833. The van der Waals surface area contributed by atoms with Gasteiger partial charge in [0.15, 0.2) is 0 Å². The fraction of sp³-hybridized carbons (Fsp3) is 0.600. The predicted octanol–water partition coefficient (Wildman–Crippen LogP) is 0.652. The van der Waals surface area contributed by atoms with Gasteiger partial charge in [0.2, 0.25) is 0 Å². The molecule has 0 rings (SSSR count). The molecule has 0 aromatic rings. The molecule has 0 radical (unpaired) electrons. The van der Waals surface area contributed by atoms with E-state index in [2.05, 4.69) is 9.47 Å². The number of carbonyl (C=O) groups excluding carboxylic acids is 1. The van der Waals surface area contributed by atoms with Gasteiger partial charge in [-0.25, -0.2) is 4.79 Å². The van der Waals surface area contributed by atoms with Crippen LogP contribution in [0.1, 0.15) is 6.92 Å². The van der Waals surface area contributed by atoms with E-state index in [4.69, 9.17) is 9.90 Å². The highest BCUT2D eigenvalue weighted by molar-refractivity contribution is 5.62. The average molecular weight is 167 g/mol. The molecule has 11 heavy (non-hydrogen) atoms. The van der Waals surface area contributed by atoms with Crippen LogP contribution in [0.5, 0.6) is 0 Å². The van der Waals surface area contributed by atoms with Crippen molar-refractivity contribution in [2.24, 2.45) is 0 Å². The van der Waals surface area contributed by atoms with Crippen molar-refractivity contribution < 1.29 is 24.2 Å². The van der Waals surface area contributed by atoms with Crippen LogP contribution < -0.4 is 6.15 Å². The molecule has 0 heterocycles. The Morgan fingerprint density at radius 1 is 1.18 bits per heavy atom. The molecule has 0 aliphatic carbocycles. The van der Waals surface area contributed by atoms with Gasteiger partial charge in [0.1, 0.15) is 0 Å². The summed E-state index contributed by atoms with van der Waals surface area (Å²) in [5, 5.41) is 7.42. The SMILES string of the molecule is CC(=O)O.COC(=O)OC.N. The second kappa shape index (κ2) is 11.5. The standard InChI is InChI=1S/C3H6O3.C2H4O2.H3N/c1-5-3(4)6-2;1-2(3)4;/h1-2H3;1H3,(H,3,4);1H3. The number of rotatable bonds is 0. The Bertz CT molecular complexity index is 103. The lowest BCUT2D eigenvalue weighted by Gasteiger charge is -1.89. The Balaban J connectivity index is -0.000000114. The first-order valence-electron chi connectivity index (χ1n) is 2.36. The molecule has 0 atom stereocenters. The summed E-state index contributed by atoms with van der Waals surface area (Å²) in [5.74, 6) is -0.833. The van der Waals surface area contributed by atoms with Gasteiger partial charge >= 0.3 is 6.16 Å². The van der Waals surface area contributed by atoms with Crippen LogP contribution in [0.2, 0.25) is 0 Å². The molecule has 6 nitrogen and oxygen atoms in total. The van der Waals surface area contributed by atoms with Crippen LogP contribution in [0.4, 0.5) is 4.79 Å². The van der Waals surface area contributed by atoms with Gasteiger partial charge in [-0.2, -0.15) is 0 Å². The zero-order chi connectivity index (χ0) is 8.57. The molecule has 0 aliphatic rings. The van der Waals surface area contributed by atoms with Gasteiger partial charge in [-0.15, -0.1) is 0 Å². The molecule has 0 saturated heterocycles. The molecule has 0 saturated carbocycles. The smallest absolute Gasteiger partial charge is 0.481 e. The molecule has 0 aromatic heterocycles. The fourth-order valence-corrected chi connectivity index (χ4v) is 0.0833. The molecule has 68 valence electrons. The molecule has 0 fully saturated rings. The lowest BCUT2D eigenvalue weighted by molar-refractivity contribution is -0.134. The summed E-state index contributed by atoms with van der Waals surface area (Å²) in [5.41, 5.74) is 0. The van der Waals surface area contributed by atoms with Gasteiger partial charge in [-0.3, -0.25) is 4.79 Å². The molecule has 6 heteroatoms. The normalized spacial score (nSPS) is 6.09. The summed E-state index contributed by atoms with van der Waals surface area (Å²) in [7, 11) is 2.51. The summed E-state index contributed by atoms with van der Waals surface area (Å²) < 4.78 is 8.08. The lowest BCUT2D eigenvalue weighted by atomic mass is 10.9. The third-order valence-corrected chi connectivity index (χ3v) is 0.333.